The van der Waals surface area contributed by atoms with Gasteiger partial charge >= 0.3 is 0 Å². The summed E-state index contributed by atoms with van der Waals surface area (Å²) in [6.07, 6.45) is 0.898. The molecule has 0 aliphatic heterocycles. The first kappa shape index (κ1) is 14.0. The average Bonchev–Trinajstić information content (AvgIpc) is 2.38. The number of benzene rings is 1. The number of hydrogen-bond acceptors (Lipinski definition) is 4. The van der Waals surface area contributed by atoms with Crippen LogP contribution in [0.3, 0.4) is 0 Å². The molecule has 0 bridgehead atoms. The molecular weight excluding hydrogens is 218 g/mol. The molecule has 0 aliphatic rings. The van der Waals surface area contributed by atoms with Crippen molar-refractivity contribution in [1.29, 1.82) is 0 Å². The van der Waals surface area contributed by atoms with Crippen molar-refractivity contribution in [2.75, 3.05) is 27.4 Å². The van der Waals surface area contributed by atoms with Gasteiger partial charge in [0, 0.05) is 32.4 Å². The van der Waals surface area contributed by atoms with Crippen LogP contribution in [0.25, 0.3) is 0 Å². The second-order valence-electron chi connectivity index (χ2n) is 3.75. The molecule has 0 atom stereocenters. The van der Waals surface area contributed by atoms with Crippen LogP contribution in [-0.2, 0) is 22.6 Å². The summed E-state index contributed by atoms with van der Waals surface area (Å²) in [5.41, 5.74) is 7.73. The molecule has 17 heavy (non-hydrogen) atoms. The molecule has 0 aromatic heterocycles. The Balaban J connectivity index is 2.49. The summed E-state index contributed by atoms with van der Waals surface area (Å²) in [4.78, 5) is 0. The maximum atomic E-state index is 5.61. The van der Waals surface area contributed by atoms with Crippen molar-refractivity contribution in [2.45, 2.75) is 19.6 Å². The summed E-state index contributed by atoms with van der Waals surface area (Å²) in [5, 5.41) is 0. The molecule has 0 unspecified atom stereocenters. The zero-order valence-electron chi connectivity index (χ0n) is 10.6. The van der Waals surface area contributed by atoms with E-state index in [-0.39, 0.29) is 0 Å². The van der Waals surface area contributed by atoms with E-state index in [4.69, 9.17) is 19.9 Å². The summed E-state index contributed by atoms with van der Waals surface area (Å²) in [5.74, 6) is 0.842. The van der Waals surface area contributed by atoms with E-state index >= 15 is 0 Å². The van der Waals surface area contributed by atoms with Crippen LogP contribution >= 0.6 is 0 Å². The highest BCUT2D eigenvalue weighted by Gasteiger charge is 2.04. The Bertz CT molecular complexity index is 328. The Morgan fingerprint density at radius 1 is 1.18 bits per heavy atom. The normalized spacial score (nSPS) is 10.5. The first-order valence-electron chi connectivity index (χ1n) is 5.74. The van der Waals surface area contributed by atoms with E-state index in [0.717, 1.165) is 29.9 Å². The molecule has 0 saturated carbocycles. The van der Waals surface area contributed by atoms with Gasteiger partial charge in [0.1, 0.15) is 5.75 Å². The number of nitrogens with two attached hydrogens (primary N) is 1. The van der Waals surface area contributed by atoms with Crippen LogP contribution in [0.15, 0.2) is 18.2 Å². The van der Waals surface area contributed by atoms with Gasteiger partial charge in [0.2, 0.25) is 0 Å². The smallest absolute Gasteiger partial charge is 0.124 e. The molecule has 0 fully saturated rings. The summed E-state index contributed by atoms with van der Waals surface area (Å²) in [7, 11) is 3.35. The van der Waals surface area contributed by atoms with E-state index in [1.165, 1.54) is 0 Å². The third-order valence-electron chi connectivity index (χ3n) is 2.48. The standard InChI is InChI=1S/C13H21NO3/c1-15-6-3-7-17-10-12-8-11(9-14)4-5-13(12)16-2/h4-5,8H,3,6-7,9-10,14H2,1-2H3. The van der Waals surface area contributed by atoms with Gasteiger partial charge in [0.25, 0.3) is 0 Å². The Labute approximate surface area is 103 Å². The van der Waals surface area contributed by atoms with Crippen LogP contribution < -0.4 is 10.5 Å². The Kier molecular flexibility index (Phi) is 6.62. The quantitative estimate of drug-likeness (QED) is 0.702. The van der Waals surface area contributed by atoms with Crippen LogP contribution in [0.1, 0.15) is 17.5 Å². The zero-order valence-corrected chi connectivity index (χ0v) is 10.6. The van der Waals surface area contributed by atoms with Crippen LogP contribution in [0.2, 0.25) is 0 Å². The summed E-state index contributed by atoms with van der Waals surface area (Å²) >= 11 is 0. The zero-order chi connectivity index (χ0) is 12.5. The molecule has 0 heterocycles. The lowest BCUT2D eigenvalue weighted by molar-refractivity contribution is 0.0916. The lowest BCUT2D eigenvalue weighted by Gasteiger charge is -2.10. The monoisotopic (exact) mass is 239 g/mol. The number of rotatable bonds is 8. The molecule has 4 nitrogen and oxygen atoms in total. The predicted molar refractivity (Wildman–Crippen MR) is 67.0 cm³/mol. The first-order valence-corrected chi connectivity index (χ1v) is 5.74. The Morgan fingerprint density at radius 2 is 2.00 bits per heavy atom. The largest absolute Gasteiger partial charge is 0.496 e. The molecule has 0 spiro atoms. The van der Waals surface area contributed by atoms with Gasteiger partial charge in [-0.25, -0.2) is 0 Å². The lowest BCUT2D eigenvalue weighted by Crippen LogP contribution is -2.03. The molecule has 0 amide bonds. The number of hydrogen-bond donors (Lipinski definition) is 1. The number of ether oxygens (including phenoxy) is 3. The first-order chi connectivity index (χ1) is 8.31. The summed E-state index contributed by atoms with van der Waals surface area (Å²) in [6, 6.07) is 5.92. The van der Waals surface area contributed by atoms with E-state index < -0.39 is 0 Å². The second kappa shape index (κ2) is 8.06. The second-order valence-corrected chi connectivity index (χ2v) is 3.75. The van der Waals surface area contributed by atoms with Crippen molar-refractivity contribution >= 4 is 0 Å². The van der Waals surface area contributed by atoms with Crippen molar-refractivity contribution < 1.29 is 14.2 Å². The van der Waals surface area contributed by atoms with Crippen molar-refractivity contribution in [3.05, 3.63) is 29.3 Å². The molecule has 1 rings (SSSR count). The Morgan fingerprint density at radius 3 is 2.65 bits per heavy atom. The van der Waals surface area contributed by atoms with E-state index in [0.29, 0.717) is 19.8 Å². The van der Waals surface area contributed by atoms with Crippen LogP contribution in [0.5, 0.6) is 5.75 Å². The average molecular weight is 239 g/mol. The van der Waals surface area contributed by atoms with Crippen molar-refractivity contribution in [3.8, 4) is 5.75 Å². The fraction of sp³-hybridized carbons (Fsp3) is 0.538. The SMILES string of the molecule is COCCCOCc1cc(CN)ccc1OC. The minimum Gasteiger partial charge on any atom is -0.496 e. The molecule has 1 aromatic carbocycles. The van der Waals surface area contributed by atoms with Crippen LogP contribution in [0.4, 0.5) is 0 Å². The lowest BCUT2D eigenvalue weighted by atomic mass is 10.1. The maximum absolute atomic E-state index is 5.61. The van der Waals surface area contributed by atoms with Crippen LogP contribution in [-0.4, -0.2) is 27.4 Å². The highest BCUT2D eigenvalue weighted by atomic mass is 16.5. The third-order valence-corrected chi connectivity index (χ3v) is 2.48. The van der Waals surface area contributed by atoms with E-state index in [9.17, 15) is 0 Å². The fourth-order valence-electron chi connectivity index (χ4n) is 1.56. The summed E-state index contributed by atoms with van der Waals surface area (Å²) < 4.78 is 15.8. The minimum absolute atomic E-state index is 0.528. The summed E-state index contributed by atoms with van der Waals surface area (Å²) in [6.45, 7) is 2.48. The van der Waals surface area contributed by atoms with Gasteiger partial charge in [-0.3, -0.25) is 0 Å². The van der Waals surface area contributed by atoms with Gasteiger partial charge in [-0.2, -0.15) is 0 Å². The molecule has 4 heteroatoms. The predicted octanol–water partition coefficient (Wildman–Crippen LogP) is 1.71. The van der Waals surface area contributed by atoms with E-state index in [1.807, 2.05) is 18.2 Å². The molecule has 96 valence electrons. The highest BCUT2D eigenvalue weighted by molar-refractivity contribution is 5.36. The van der Waals surface area contributed by atoms with E-state index in [1.54, 1.807) is 14.2 Å². The third kappa shape index (κ3) is 4.73. The van der Waals surface area contributed by atoms with Gasteiger partial charge in [-0.1, -0.05) is 6.07 Å². The van der Waals surface area contributed by atoms with Crippen molar-refractivity contribution in [2.24, 2.45) is 5.73 Å². The van der Waals surface area contributed by atoms with E-state index in [2.05, 4.69) is 0 Å². The van der Waals surface area contributed by atoms with Crippen molar-refractivity contribution in [3.63, 3.8) is 0 Å². The van der Waals surface area contributed by atoms with Gasteiger partial charge < -0.3 is 19.9 Å². The minimum atomic E-state index is 0.528. The van der Waals surface area contributed by atoms with Crippen molar-refractivity contribution in [1.82, 2.24) is 0 Å². The molecule has 1 aromatic rings. The fourth-order valence-corrected chi connectivity index (χ4v) is 1.56. The van der Waals surface area contributed by atoms with Gasteiger partial charge in [-0.15, -0.1) is 0 Å². The van der Waals surface area contributed by atoms with Gasteiger partial charge in [0.05, 0.1) is 13.7 Å². The molecule has 0 radical (unpaired) electrons. The Hall–Kier alpha value is -1.10. The van der Waals surface area contributed by atoms with Gasteiger partial charge in [0.15, 0.2) is 0 Å². The highest BCUT2D eigenvalue weighted by Crippen LogP contribution is 2.20. The number of methoxy groups -OCH3 is 2. The molecule has 2 N–H and O–H groups in total. The molecular formula is C13H21NO3. The maximum Gasteiger partial charge on any atom is 0.124 e. The topological polar surface area (TPSA) is 53.7 Å². The van der Waals surface area contributed by atoms with Crippen LogP contribution in [0, 0.1) is 0 Å². The molecule has 0 saturated heterocycles. The molecule has 0 aliphatic carbocycles. The van der Waals surface area contributed by atoms with Gasteiger partial charge in [-0.05, 0) is 24.1 Å².